The van der Waals surface area contributed by atoms with E-state index in [0.29, 0.717) is 6.54 Å². The SMILES string of the molecule is Cc1cc(-c2nn3cc(C4CCNCC4O)nc3s2)cc2cn(C)nc12. The zero-order chi connectivity index (χ0) is 17.8. The van der Waals surface area contributed by atoms with Crippen molar-refractivity contribution in [1.82, 2.24) is 29.7 Å². The molecule has 0 amide bonds. The van der Waals surface area contributed by atoms with Gasteiger partial charge in [-0.15, -0.1) is 0 Å². The molecule has 4 aromatic rings. The van der Waals surface area contributed by atoms with Gasteiger partial charge in [0.05, 0.1) is 23.5 Å². The lowest BCUT2D eigenvalue weighted by Gasteiger charge is -2.26. The first-order valence-corrected chi connectivity index (χ1v) is 9.59. The van der Waals surface area contributed by atoms with E-state index in [1.807, 2.05) is 28.6 Å². The Morgan fingerprint density at radius 1 is 1.27 bits per heavy atom. The predicted molar refractivity (Wildman–Crippen MR) is 102 cm³/mol. The lowest BCUT2D eigenvalue weighted by atomic mass is 9.92. The van der Waals surface area contributed by atoms with Crippen molar-refractivity contribution in [3.63, 3.8) is 0 Å². The van der Waals surface area contributed by atoms with Gasteiger partial charge in [-0.05, 0) is 37.6 Å². The van der Waals surface area contributed by atoms with E-state index in [0.717, 1.165) is 50.7 Å². The minimum atomic E-state index is -0.386. The number of hydrogen-bond donors (Lipinski definition) is 2. The van der Waals surface area contributed by atoms with E-state index in [1.165, 1.54) is 0 Å². The number of nitrogens with zero attached hydrogens (tertiary/aromatic N) is 5. The first-order valence-electron chi connectivity index (χ1n) is 8.78. The van der Waals surface area contributed by atoms with Crippen LogP contribution in [0, 0.1) is 6.92 Å². The van der Waals surface area contributed by atoms with Crippen molar-refractivity contribution in [3.05, 3.63) is 35.8 Å². The number of β-amino-alcohol motifs (C(OH)–C–C–N with tert-alkyl or cyclic N) is 1. The molecule has 4 heterocycles. The summed E-state index contributed by atoms with van der Waals surface area (Å²) in [4.78, 5) is 5.60. The van der Waals surface area contributed by atoms with Crippen LogP contribution in [0.2, 0.25) is 0 Å². The zero-order valence-electron chi connectivity index (χ0n) is 14.7. The quantitative estimate of drug-likeness (QED) is 0.566. The maximum atomic E-state index is 10.2. The summed E-state index contributed by atoms with van der Waals surface area (Å²) in [5, 5.41) is 24.7. The normalized spacial score (nSPS) is 21.0. The van der Waals surface area contributed by atoms with Crippen LogP contribution in [0.4, 0.5) is 0 Å². The average molecular weight is 368 g/mol. The van der Waals surface area contributed by atoms with Gasteiger partial charge in [-0.2, -0.15) is 10.2 Å². The van der Waals surface area contributed by atoms with Crippen molar-refractivity contribution < 1.29 is 5.11 Å². The topological polar surface area (TPSA) is 80.3 Å². The molecular weight excluding hydrogens is 348 g/mol. The molecule has 5 rings (SSSR count). The summed E-state index contributed by atoms with van der Waals surface area (Å²) >= 11 is 1.58. The van der Waals surface area contributed by atoms with Gasteiger partial charge in [-0.1, -0.05) is 11.3 Å². The van der Waals surface area contributed by atoms with Crippen LogP contribution in [0.1, 0.15) is 23.6 Å². The molecule has 7 nitrogen and oxygen atoms in total. The molecule has 26 heavy (non-hydrogen) atoms. The second kappa shape index (κ2) is 5.87. The number of rotatable bonds is 2. The molecule has 0 radical (unpaired) electrons. The monoisotopic (exact) mass is 368 g/mol. The fourth-order valence-corrected chi connectivity index (χ4v) is 4.63. The van der Waals surface area contributed by atoms with Crippen molar-refractivity contribution in [3.8, 4) is 10.6 Å². The van der Waals surface area contributed by atoms with Crippen LogP contribution in [0.5, 0.6) is 0 Å². The Kier molecular flexibility index (Phi) is 3.59. The number of aromatic nitrogens is 5. The molecule has 134 valence electrons. The molecule has 3 aromatic heterocycles. The van der Waals surface area contributed by atoms with E-state index < -0.39 is 0 Å². The maximum absolute atomic E-state index is 10.2. The summed E-state index contributed by atoms with van der Waals surface area (Å²) in [5.41, 5.74) is 4.19. The van der Waals surface area contributed by atoms with Gasteiger partial charge in [0.15, 0.2) is 0 Å². The van der Waals surface area contributed by atoms with Gasteiger partial charge in [0, 0.05) is 36.7 Å². The molecule has 2 unspecified atom stereocenters. The largest absolute Gasteiger partial charge is 0.391 e. The predicted octanol–water partition coefficient (Wildman–Crippen LogP) is 2.09. The molecule has 2 atom stereocenters. The third-order valence-electron chi connectivity index (χ3n) is 5.05. The smallest absolute Gasteiger partial charge is 0.212 e. The van der Waals surface area contributed by atoms with E-state index >= 15 is 0 Å². The fourth-order valence-electron chi connectivity index (χ4n) is 3.75. The summed E-state index contributed by atoms with van der Waals surface area (Å²) in [5.74, 6) is 0.0857. The highest BCUT2D eigenvalue weighted by Gasteiger charge is 2.27. The van der Waals surface area contributed by atoms with Gasteiger partial charge in [0.2, 0.25) is 4.96 Å². The Hall–Kier alpha value is -2.29. The number of aliphatic hydroxyl groups excluding tert-OH is 1. The summed E-state index contributed by atoms with van der Waals surface area (Å²) < 4.78 is 3.68. The van der Waals surface area contributed by atoms with Gasteiger partial charge in [0.25, 0.3) is 0 Å². The lowest BCUT2D eigenvalue weighted by Crippen LogP contribution is -2.39. The highest BCUT2D eigenvalue weighted by atomic mass is 32.1. The van der Waals surface area contributed by atoms with E-state index in [4.69, 9.17) is 10.1 Å². The third-order valence-corrected chi connectivity index (χ3v) is 6.02. The maximum Gasteiger partial charge on any atom is 0.212 e. The molecule has 1 aromatic carbocycles. The van der Waals surface area contributed by atoms with Crippen molar-refractivity contribution in [2.75, 3.05) is 13.1 Å². The second-order valence-electron chi connectivity index (χ2n) is 7.00. The minimum Gasteiger partial charge on any atom is -0.391 e. The molecule has 0 bridgehead atoms. The number of fused-ring (bicyclic) bond motifs is 2. The first kappa shape index (κ1) is 15.9. The van der Waals surface area contributed by atoms with E-state index in [-0.39, 0.29) is 12.0 Å². The molecule has 2 N–H and O–H groups in total. The summed E-state index contributed by atoms with van der Waals surface area (Å²) in [6.07, 6.45) is 4.50. The van der Waals surface area contributed by atoms with Crippen LogP contribution in [0.15, 0.2) is 24.5 Å². The zero-order valence-corrected chi connectivity index (χ0v) is 15.5. The molecule has 0 spiro atoms. The Bertz CT molecular complexity index is 1080. The Balaban J connectivity index is 1.53. The fraction of sp³-hybridized carbons (Fsp3) is 0.389. The molecular formula is C18H20N6OS. The number of piperidine rings is 1. The van der Waals surface area contributed by atoms with E-state index in [1.54, 1.807) is 11.3 Å². The Labute approximate surface area is 154 Å². The lowest BCUT2D eigenvalue weighted by molar-refractivity contribution is 0.117. The molecule has 0 saturated carbocycles. The molecule has 1 aliphatic rings. The number of aliphatic hydroxyl groups is 1. The van der Waals surface area contributed by atoms with E-state index in [2.05, 4.69) is 29.5 Å². The Morgan fingerprint density at radius 2 is 2.15 bits per heavy atom. The molecule has 0 aliphatic carbocycles. The highest BCUT2D eigenvalue weighted by Crippen LogP contribution is 2.32. The van der Waals surface area contributed by atoms with Crippen LogP contribution >= 0.6 is 11.3 Å². The first-order chi connectivity index (χ1) is 12.6. The van der Waals surface area contributed by atoms with Gasteiger partial charge in [0.1, 0.15) is 5.01 Å². The van der Waals surface area contributed by atoms with Crippen LogP contribution in [-0.4, -0.2) is 48.7 Å². The van der Waals surface area contributed by atoms with Crippen molar-refractivity contribution in [2.24, 2.45) is 7.05 Å². The van der Waals surface area contributed by atoms with Crippen LogP contribution < -0.4 is 5.32 Å². The van der Waals surface area contributed by atoms with Crippen molar-refractivity contribution >= 4 is 27.2 Å². The summed E-state index contributed by atoms with van der Waals surface area (Å²) in [7, 11) is 1.94. The van der Waals surface area contributed by atoms with E-state index in [9.17, 15) is 5.11 Å². The third kappa shape index (κ3) is 2.53. The van der Waals surface area contributed by atoms with Crippen LogP contribution in [0.3, 0.4) is 0 Å². The Morgan fingerprint density at radius 3 is 2.96 bits per heavy atom. The van der Waals surface area contributed by atoms with Gasteiger partial charge < -0.3 is 10.4 Å². The van der Waals surface area contributed by atoms with Crippen LogP contribution in [0.25, 0.3) is 26.4 Å². The molecule has 8 heteroatoms. The molecule has 1 aliphatic heterocycles. The van der Waals surface area contributed by atoms with Crippen molar-refractivity contribution in [2.45, 2.75) is 25.4 Å². The molecule has 1 saturated heterocycles. The number of hydrogen-bond acceptors (Lipinski definition) is 6. The summed E-state index contributed by atoms with van der Waals surface area (Å²) in [6.45, 7) is 3.61. The molecule has 1 fully saturated rings. The highest BCUT2D eigenvalue weighted by molar-refractivity contribution is 7.19. The average Bonchev–Trinajstić information content (AvgIpc) is 3.27. The van der Waals surface area contributed by atoms with Gasteiger partial charge in [-0.3, -0.25) is 4.68 Å². The number of nitrogens with one attached hydrogen (secondary N) is 1. The van der Waals surface area contributed by atoms with Gasteiger partial charge >= 0.3 is 0 Å². The summed E-state index contributed by atoms with van der Waals surface area (Å²) in [6, 6.07) is 4.26. The number of benzene rings is 1. The van der Waals surface area contributed by atoms with Gasteiger partial charge in [-0.25, -0.2) is 9.50 Å². The number of aryl methyl sites for hydroxylation is 2. The second-order valence-corrected chi connectivity index (χ2v) is 7.96. The standard InChI is InChI=1S/C18H20N6OS/c1-10-5-11(6-12-8-23(2)21-16(10)12)17-22-24-9-14(20-18(24)26-17)13-3-4-19-7-15(13)25/h5-6,8-9,13,15,19,25H,3-4,7H2,1-2H3. The van der Waals surface area contributed by atoms with Crippen molar-refractivity contribution in [1.29, 1.82) is 0 Å². The van der Waals surface area contributed by atoms with Crippen LogP contribution in [-0.2, 0) is 7.05 Å². The number of imidazole rings is 1. The minimum absolute atomic E-state index is 0.0857.